The van der Waals surface area contributed by atoms with Crippen molar-refractivity contribution in [2.24, 2.45) is 0 Å². The Bertz CT molecular complexity index is 649. The molecule has 0 atom stereocenters. The molecule has 3 heterocycles. The van der Waals surface area contributed by atoms with E-state index in [0.717, 1.165) is 30.5 Å². The quantitative estimate of drug-likeness (QED) is 0.918. The molecule has 2 aromatic rings. The summed E-state index contributed by atoms with van der Waals surface area (Å²) < 4.78 is 37.5. The number of hydrogen-bond donors (Lipinski definition) is 1. The second kappa shape index (κ2) is 6.44. The Balaban J connectivity index is 1.72. The first-order valence-corrected chi connectivity index (χ1v) is 7.53. The van der Waals surface area contributed by atoms with Gasteiger partial charge in [-0.05, 0) is 37.5 Å². The molecule has 1 fully saturated rings. The molecule has 0 spiro atoms. The molecule has 0 bridgehead atoms. The van der Waals surface area contributed by atoms with Crippen LogP contribution in [0.1, 0.15) is 25.0 Å². The summed E-state index contributed by atoms with van der Waals surface area (Å²) in [7, 11) is 0. The van der Waals surface area contributed by atoms with Gasteiger partial charge in [0.25, 0.3) is 0 Å². The maximum atomic E-state index is 12.5. The fourth-order valence-corrected chi connectivity index (χ4v) is 2.62. The number of nitrogens with one attached hydrogen (secondary N) is 1. The summed E-state index contributed by atoms with van der Waals surface area (Å²) in [5, 5.41) is 3.04. The Hall–Kier alpha value is -2.31. The Kier molecular flexibility index (Phi) is 4.36. The standard InChI is InChI=1S/C16H17F3N4/c17-16(18,19)15-5-4-12(10-21-15)22-13-8-14(11-20-9-13)23-6-2-1-3-7-23/h4-5,8-11,22H,1-3,6-7H2. The van der Waals surface area contributed by atoms with Crippen LogP contribution in [0.25, 0.3) is 0 Å². The van der Waals surface area contributed by atoms with Crippen molar-refractivity contribution >= 4 is 17.1 Å². The summed E-state index contributed by atoms with van der Waals surface area (Å²) in [6, 6.07) is 4.28. The summed E-state index contributed by atoms with van der Waals surface area (Å²) >= 11 is 0. The third kappa shape index (κ3) is 3.91. The Morgan fingerprint density at radius 1 is 0.957 bits per heavy atom. The molecule has 0 aliphatic carbocycles. The number of hydrogen-bond acceptors (Lipinski definition) is 4. The van der Waals surface area contributed by atoms with Crippen molar-refractivity contribution < 1.29 is 13.2 Å². The first-order valence-electron chi connectivity index (χ1n) is 7.53. The summed E-state index contributed by atoms with van der Waals surface area (Å²) in [6.07, 6.45) is 3.79. The molecule has 3 rings (SSSR count). The summed E-state index contributed by atoms with van der Waals surface area (Å²) in [6.45, 7) is 2.01. The minimum Gasteiger partial charge on any atom is -0.370 e. The monoisotopic (exact) mass is 322 g/mol. The van der Waals surface area contributed by atoms with Crippen molar-refractivity contribution in [3.05, 3.63) is 42.5 Å². The van der Waals surface area contributed by atoms with Crippen LogP contribution in [-0.2, 0) is 6.18 Å². The van der Waals surface area contributed by atoms with E-state index in [0.29, 0.717) is 5.69 Å². The first-order chi connectivity index (χ1) is 11.0. The van der Waals surface area contributed by atoms with E-state index in [1.807, 2.05) is 12.3 Å². The SMILES string of the molecule is FC(F)(F)c1ccc(Nc2cncc(N3CCCCC3)c2)cn1. The second-order valence-corrected chi connectivity index (χ2v) is 5.53. The molecule has 0 unspecified atom stereocenters. The maximum Gasteiger partial charge on any atom is 0.433 e. The third-order valence-corrected chi connectivity index (χ3v) is 3.79. The lowest BCUT2D eigenvalue weighted by atomic mass is 10.1. The van der Waals surface area contributed by atoms with Crippen LogP contribution in [0, 0.1) is 0 Å². The number of aromatic nitrogens is 2. The molecule has 1 aliphatic heterocycles. The van der Waals surface area contributed by atoms with Crippen molar-refractivity contribution in [1.29, 1.82) is 0 Å². The predicted octanol–water partition coefficient (Wildman–Crippen LogP) is 4.23. The lowest BCUT2D eigenvalue weighted by Gasteiger charge is -2.28. The van der Waals surface area contributed by atoms with E-state index >= 15 is 0 Å². The van der Waals surface area contributed by atoms with Gasteiger partial charge in [-0.3, -0.25) is 4.98 Å². The summed E-state index contributed by atoms with van der Waals surface area (Å²) in [5.74, 6) is 0. The number of pyridine rings is 2. The number of rotatable bonds is 3. The van der Waals surface area contributed by atoms with Crippen molar-refractivity contribution in [2.45, 2.75) is 25.4 Å². The molecule has 0 amide bonds. The van der Waals surface area contributed by atoms with Gasteiger partial charge in [-0.25, -0.2) is 4.98 Å². The average Bonchev–Trinajstić information content (AvgIpc) is 2.56. The van der Waals surface area contributed by atoms with Gasteiger partial charge >= 0.3 is 6.18 Å². The highest BCUT2D eigenvalue weighted by molar-refractivity contribution is 5.63. The predicted molar refractivity (Wildman–Crippen MR) is 82.8 cm³/mol. The largest absolute Gasteiger partial charge is 0.433 e. The lowest BCUT2D eigenvalue weighted by molar-refractivity contribution is -0.141. The molecule has 122 valence electrons. The fourth-order valence-electron chi connectivity index (χ4n) is 2.62. The van der Waals surface area contributed by atoms with Crippen LogP contribution in [0.3, 0.4) is 0 Å². The first kappa shape index (κ1) is 15.6. The maximum absolute atomic E-state index is 12.5. The highest BCUT2D eigenvalue weighted by Crippen LogP contribution is 2.29. The van der Waals surface area contributed by atoms with E-state index in [1.54, 1.807) is 6.20 Å². The molecule has 4 nitrogen and oxygen atoms in total. The van der Waals surface area contributed by atoms with Gasteiger partial charge in [0.15, 0.2) is 0 Å². The van der Waals surface area contributed by atoms with E-state index < -0.39 is 11.9 Å². The van der Waals surface area contributed by atoms with Gasteiger partial charge in [0, 0.05) is 13.1 Å². The van der Waals surface area contributed by atoms with Gasteiger partial charge in [-0.2, -0.15) is 13.2 Å². The van der Waals surface area contributed by atoms with Crippen LogP contribution in [0.2, 0.25) is 0 Å². The van der Waals surface area contributed by atoms with Gasteiger partial charge in [0.1, 0.15) is 5.69 Å². The number of anilines is 3. The van der Waals surface area contributed by atoms with Crippen LogP contribution < -0.4 is 10.2 Å². The topological polar surface area (TPSA) is 41.1 Å². The van der Waals surface area contributed by atoms with E-state index in [2.05, 4.69) is 20.2 Å². The molecule has 0 saturated carbocycles. The van der Waals surface area contributed by atoms with Gasteiger partial charge in [0.05, 0.1) is 35.7 Å². The van der Waals surface area contributed by atoms with Crippen molar-refractivity contribution in [2.75, 3.05) is 23.3 Å². The van der Waals surface area contributed by atoms with Crippen LogP contribution in [0.4, 0.5) is 30.2 Å². The van der Waals surface area contributed by atoms with Crippen LogP contribution in [-0.4, -0.2) is 23.1 Å². The second-order valence-electron chi connectivity index (χ2n) is 5.53. The van der Waals surface area contributed by atoms with Gasteiger partial charge < -0.3 is 10.2 Å². The number of halogens is 3. The molecule has 1 N–H and O–H groups in total. The minimum atomic E-state index is -4.42. The molecule has 23 heavy (non-hydrogen) atoms. The summed E-state index contributed by atoms with van der Waals surface area (Å²) in [4.78, 5) is 9.92. The third-order valence-electron chi connectivity index (χ3n) is 3.79. The number of piperidine rings is 1. The lowest BCUT2D eigenvalue weighted by Crippen LogP contribution is -2.29. The van der Waals surface area contributed by atoms with Crippen LogP contribution in [0.5, 0.6) is 0 Å². The zero-order valence-electron chi connectivity index (χ0n) is 12.5. The van der Waals surface area contributed by atoms with Gasteiger partial charge in [0.2, 0.25) is 0 Å². The highest BCUT2D eigenvalue weighted by Gasteiger charge is 2.32. The van der Waals surface area contributed by atoms with Crippen LogP contribution >= 0.6 is 0 Å². The van der Waals surface area contributed by atoms with E-state index in [-0.39, 0.29) is 0 Å². The normalized spacial score (nSPS) is 15.5. The highest BCUT2D eigenvalue weighted by atomic mass is 19.4. The Morgan fingerprint density at radius 2 is 1.74 bits per heavy atom. The van der Waals surface area contributed by atoms with E-state index in [4.69, 9.17) is 0 Å². The van der Waals surface area contributed by atoms with Gasteiger partial charge in [-0.1, -0.05) is 0 Å². The van der Waals surface area contributed by atoms with E-state index in [1.165, 1.54) is 31.5 Å². The average molecular weight is 322 g/mol. The molecule has 0 radical (unpaired) electrons. The molecule has 0 aromatic carbocycles. The molecule has 1 saturated heterocycles. The zero-order valence-corrected chi connectivity index (χ0v) is 12.5. The van der Waals surface area contributed by atoms with Crippen molar-refractivity contribution in [3.63, 3.8) is 0 Å². The van der Waals surface area contributed by atoms with Crippen LogP contribution in [0.15, 0.2) is 36.8 Å². The zero-order chi connectivity index (χ0) is 16.3. The molecule has 7 heteroatoms. The number of alkyl halides is 3. The smallest absolute Gasteiger partial charge is 0.370 e. The molecule has 1 aliphatic rings. The number of nitrogens with zero attached hydrogens (tertiary/aromatic N) is 3. The molecule has 2 aromatic heterocycles. The summed E-state index contributed by atoms with van der Waals surface area (Å²) in [5.41, 5.74) is 1.35. The Labute approximate surface area is 132 Å². The van der Waals surface area contributed by atoms with E-state index in [9.17, 15) is 13.2 Å². The Morgan fingerprint density at radius 3 is 2.39 bits per heavy atom. The van der Waals surface area contributed by atoms with Crippen molar-refractivity contribution in [3.8, 4) is 0 Å². The minimum absolute atomic E-state index is 0.496. The van der Waals surface area contributed by atoms with Gasteiger partial charge in [-0.15, -0.1) is 0 Å². The molecular formula is C16H17F3N4. The van der Waals surface area contributed by atoms with Crippen molar-refractivity contribution in [1.82, 2.24) is 9.97 Å². The molecular weight excluding hydrogens is 305 g/mol. The fraction of sp³-hybridized carbons (Fsp3) is 0.375.